The largest absolute Gasteiger partial charge is 0.497 e. The van der Waals surface area contributed by atoms with E-state index in [1.807, 2.05) is 0 Å². The van der Waals surface area contributed by atoms with Crippen LogP contribution in [0, 0.1) is 22.9 Å². The van der Waals surface area contributed by atoms with Crippen LogP contribution in [0.4, 0.5) is 13.2 Å². The Kier molecular flexibility index (Phi) is 9.09. The number of likely N-dealkylation sites (tertiary alicyclic amines) is 1. The van der Waals surface area contributed by atoms with Crippen molar-refractivity contribution in [1.29, 1.82) is 0 Å². The fourth-order valence-corrected chi connectivity index (χ4v) is 5.15. The van der Waals surface area contributed by atoms with Crippen LogP contribution >= 0.6 is 0 Å². The van der Waals surface area contributed by atoms with Crippen molar-refractivity contribution in [1.82, 2.24) is 9.88 Å². The van der Waals surface area contributed by atoms with Crippen LogP contribution in [0.5, 0.6) is 11.5 Å². The Morgan fingerprint density at radius 3 is 2.42 bits per heavy atom. The van der Waals surface area contributed by atoms with E-state index >= 15 is 0 Å². The van der Waals surface area contributed by atoms with Gasteiger partial charge in [-0.25, -0.2) is 13.2 Å². The Morgan fingerprint density at radius 2 is 1.79 bits per heavy atom. The minimum absolute atomic E-state index is 0.0339. The number of hydrogen-bond donors (Lipinski definition) is 3. The minimum Gasteiger partial charge on any atom is -0.497 e. The summed E-state index contributed by atoms with van der Waals surface area (Å²) >= 11 is 0. The molecule has 1 fully saturated rings. The van der Waals surface area contributed by atoms with E-state index in [9.17, 15) is 28.5 Å². The highest BCUT2D eigenvalue weighted by molar-refractivity contribution is 5.85. The Hall–Kier alpha value is -2.92. The predicted molar refractivity (Wildman–Crippen MR) is 135 cm³/mol. The molecule has 3 aromatic rings. The molecule has 4 rings (SSSR count). The molecule has 7 nitrogen and oxygen atoms in total. The summed E-state index contributed by atoms with van der Waals surface area (Å²) in [6.07, 6.45) is 3.00. The van der Waals surface area contributed by atoms with Crippen LogP contribution in [0.1, 0.15) is 42.9 Å². The lowest BCUT2D eigenvalue weighted by molar-refractivity contribution is 0.0201. The first-order valence-corrected chi connectivity index (χ1v) is 12.6. The predicted octanol–water partition coefficient (Wildman–Crippen LogP) is 4.12. The molecule has 10 heteroatoms. The maximum Gasteiger partial charge on any atom is 0.190 e. The molecule has 0 radical (unpaired) electrons. The van der Waals surface area contributed by atoms with Crippen LogP contribution in [-0.2, 0) is 6.61 Å². The highest BCUT2D eigenvalue weighted by Crippen LogP contribution is 2.39. The molecule has 3 N–H and O–H groups in total. The lowest BCUT2D eigenvalue weighted by Crippen LogP contribution is -2.43. The number of fused-ring (bicyclic) bond motifs is 1. The summed E-state index contributed by atoms with van der Waals surface area (Å²) in [6.45, 7) is 1.45. The number of pyridine rings is 1. The van der Waals surface area contributed by atoms with Gasteiger partial charge in [0.15, 0.2) is 17.4 Å². The monoisotopic (exact) mass is 534 g/mol. The zero-order valence-electron chi connectivity index (χ0n) is 21.3. The average Bonchev–Trinajstić information content (AvgIpc) is 2.92. The molecule has 0 aliphatic carbocycles. The molecule has 38 heavy (non-hydrogen) atoms. The molecule has 1 aliphatic rings. The van der Waals surface area contributed by atoms with Crippen LogP contribution in [0.15, 0.2) is 36.5 Å². The molecule has 0 bridgehead atoms. The molecule has 1 aromatic heterocycles. The van der Waals surface area contributed by atoms with Gasteiger partial charge in [0, 0.05) is 42.4 Å². The van der Waals surface area contributed by atoms with Crippen molar-refractivity contribution < 1.29 is 38.0 Å². The quantitative estimate of drug-likeness (QED) is 0.341. The highest BCUT2D eigenvalue weighted by atomic mass is 19.1. The van der Waals surface area contributed by atoms with Crippen molar-refractivity contribution in [3.05, 3.63) is 65.1 Å². The van der Waals surface area contributed by atoms with E-state index in [4.69, 9.17) is 9.47 Å². The number of benzene rings is 2. The molecule has 0 amide bonds. The molecule has 0 unspecified atom stereocenters. The zero-order chi connectivity index (χ0) is 27.3. The van der Waals surface area contributed by atoms with E-state index in [1.165, 1.54) is 0 Å². The number of methoxy groups -OCH3 is 1. The molecule has 1 atom stereocenters. The Labute approximate surface area is 219 Å². The Morgan fingerprint density at radius 1 is 1.08 bits per heavy atom. The SMILES string of the molecule is COc1ccc2ncc(CO)c([C@H](O)CCC3(CO)CCN(CCOc4c(F)cc(F)cc4F)CC3)c2c1. The Bertz CT molecular complexity index is 1220. The van der Waals surface area contributed by atoms with Crippen LogP contribution < -0.4 is 9.47 Å². The number of aliphatic hydroxyl groups is 3. The second-order valence-corrected chi connectivity index (χ2v) is 9.84. The summed E-state index contributed by atoms with van der Waals surface area (Å²) in [7, 11) is 1.56. The van der Waals surface area contributed by atoms with Gasteiger partial charge in [0.25, 0.3) is 0 Å². The first kappa shape index (κ1) is 28.1. The van der Waals surface area contributed by atoms with Gasteiger partial charge in [-0.2, -0.15) is 0 Å². The summed E-state index contributed by atoms with van der Waals surface area (Å²) in [5.41, 5.74) is 1.46. The molecule has 0 saturated carbocycles. The summed E-state index contributed by atoms with van der Waals surface area (Å²) in [6, 6.07) is 6.55. The van der Waals surface area contributed by atoms with Crippen molar-refractivity contribution in [3.8, 4) is 11.5 Å². The number of hydrogen-bond acceptors (Lipinski definition) is 7. The summed E-state index contributed by atoms with van der Waals surface area (Å²) in [4.78, 5) is 6.45. The number of rotatable bonds is 11. The summed E-state index contributed by atoms with van der Waals surface area (Å²) in [5, 5.41) is 32.1. The van der Waals surface area contributed by atoms with Gasteiger partial charge in [0.2, 0.25) is 0 Å². The van der Waals surface area contributed by atoms with Gasteiger partial charge < -0.3 is 24.8 Å². The zero-order valence-corrected chi connectivity index (χ0v) is 21.3. The van der Waals surface area contributed by atoms with Crippen LogP contribution in [0.2, 0.25) is 0 Å². The maximum absolute atomic E-state index is 13.8. The fraction of sp³-hybridized carbons (Fsp3) is 0.464. The maximum atomic E-state index is 13.8. The molecule has 0 spiro atoms. The molecule has 2 aromatic carbocycles. The van der Waals surface area contributed by atoms with Crippen molar-refractivity contribution in [2.24, 2.45) is 5.41 Å². The van der Waals surface area contributed by atoms with E-state index in [-0.39, 0.29) is 25.2 Å². The van der Waals surface area contributed by atoms with Crippen molar-refractivity contribution in [2.45, 2.75) is 38.4 Å². The topological polar surface area (TPSA) is 95.3 Å². The lowest BCUT2D eigenvalue weighted by atomic mass is 9.74. The van der Waals surface area contributed by atoms with Gasteiger partial charge in [-0.05, 0) is 68.0 Å². The molecule has 2 heterocycles. The van der Waals surface area contributed by atoms with Crippen LogP contribution in [0.3, 0.4) is 0 Å². The number of halogens is 3. The summed E-state index contributed by atoms with van der Waals surface area (Å²) in [5.74, 6) is -3.13. The second-order valence-electron chi connectivity index (χ2n) is 9.84. The van der Waals surface area contributed by atoms with E-state index in [0.717, 1.165) is 0 Å². The normalized spacial score (nSPS) is 16.5. The molecular weight excluding hydrogens is 501 g/mol. The molecule has 1 aliphatic heterocycles. The lowest BCUT2D eigenvalue weighted by Gasteiger charge is -2.41. The standard InChI is InChI=1S/C28H33F3N2O5/c1-37-20-2-3-24-21(14-20)26(18(16-34)15-32-24)25(36)4-5-28(17-35)6-8-33(9-7-28)10-11-38-27-22(30)12-19(29)13-23(27)31/h2-3,12-15,25,34-36H,4-11,16-17H2,1H3/t25-/m1/s1. The molecule has 1 saturated heterocycles. The number of piperidine rings is 1. The van der Waals surface area contributed by atoms with Gasteiger partial charge in [-0.1, -0.05) is 0 Å². The number of ether oxygens (including phenoxy) is 2. The van der Waals surface area contributed by atoms with E-state index in [0.29, 0.717) is 85.2 Å². The molecule has 206 valence electrons. The smallest absolute Gasteiger partial charge is 0.190 e. The number of aromatic nitrogens is 1. The number of aliphatic hydroxyl groups excluding tert-OH is 3. The number of nitrogens with zero attached hydrogens (tertiary/aromatic N) is 2. The van der Waals surface area contributed by atoms with Crippen LogP contribution in [-0.4, -0.2) is 65.2 Å². The molecular formula is C28H33F3N2O5. The minimum atomic E-state index is -1.08. The third-order valence-corrected chi connectivity index (χ3v) is 7.52. The van der Waals surface area contributed by atoms with Gasteiger partial charge >= 0.3 is 0 Å². The van der Waals surface area contributed by atoms with E-state index in [2.05, 4.69) is 9.88 Å². The first-order chi connectivity index (χ1) is 18.3. The summed E-state index contributed by atoms with van der Waals surface area (Å²) < 4.78 is 51.2. The van der Waals surface area contributed by atoms with Crippen molar-refractivity contribution in [2.75, 3.05) is 40.0 Å². The first-order valence-electron chi connectivity index (χ1n) is 12.6. The third-order valence-electron chi connectivity index (χ3n) is 7.52. The third kappa shape index (κ3) is 6.20. The Balaban J connectivity index is 1.35. The van der Waals surface area contributed by atoms with Crippen LogP contribution in [0.25, 0.3) is 10.9 Å². The highest BCUT2D eigenvalue weighted by Gasteiger charge is 2.35. The van der Waals surface area contributed by atoms with E-state index < -0.39 is 29.3 Å². The second kappa shape index (κ2) is 12.3. The van der Waals surface area contributed by atoms with Gasteiger partial charge in [0.05, 0.1) is 25.3 Å². The average molecular weight is 535 g/mol. The van der Waals surface area contributed by atoms with Gasteiger partial charge in [-0.3, -0.25) is 9.88 Å². The van der Waals surface area contributed by atoms with Crippen molar-refractivity contribution >= 4 is 10.9 Å². The van der Waals surface area contributed by atoms with Gasteiger partial charge in [0.1, 0.15) is 18.2 Å². The van der Waals surface area contributed by atoms with Gasteiger partial charge in [-0.15, -0.1) is 0 Å². The van der Waals surface area contributed by atoms with Crippen molar-refractivity contribution in [3.63, 3.8) is 0 Å². The fourth-order valence-electron chi connectivity index (χ4n) is 5.15. The van der Waals surface area contributed by atoms with E-state index in [1.54, 1.807) is 31.5 Å².